The van der Waals surface area contributed by atoms with Gasteiger partial charge in [-0.3, -0.25) is 0 Å². The van der Waals surface area contributed by atoms with E-state index in [0.29, 0.717) is 0 Å². The van der Waals surface area contributed by atoms with Crippen molar-refractivity contribution >= 4 is 0 Å². The second-order valence-electron chi connectivity index (χ2n) is 4.51. The minimum Gasteiger partial charge on any atom is -0.313 e. The molecule has 0 amide bonds. The summed E-state index contributed by atoms with van der Waals surface area (Å²) in [5.74, 6) is 0.944. The van der Waals surface area contributed by atoms with E-state index in [-0.39, 0.29) is 0 Å². The Morgan fingerprint density at radius 1 is 1.21 bits per heavy atom. The van der Waals surface area contributed by atoms with Gasteiger partial charge in [0.1, 0.15) is 0 Å². The van der Waals surface area contributed by atoms with E-state index in [1.165, 1.54) is 11.3 Å². The second kappa shape index (κ2) is 6.48. The molecular weight excluding hydrogens is 236 g/mol. The Morgan fingerprint density at radius 3 is 2.74 bits per heavy atom. The predicted molar refractivity (Wildman–Crippen MR) is 77.5 cm³/mol. The summed E-state index contributed by atoms with van der Waals surface area (Å²) >= 11 is 0. The van der Waals surface area contributed by atoms with Crippen LogP contribution in [0, 0.1) is 0 Å². The van der Waals surface area contributed by atoms with E-state index >= 15 is 0 Å². The zero-order valence-corrected chi connectivity index (χ0v) is 12.0. The zero-order valence-electron chi connectivity index (χ0n) is 12.0. The first-order chi connectivity index (χ1) is 9.30. The predicted octanol–water partition coefficient (Wildman–Crippen LogP) is 2.50. The fourth-order valence-corrected chi connectivity index (χ4v) is 2.10. The molecule has 0 aliphatic rings. The summed E-state index contributed by atoms with van der Waals surface area (Å²) in [5.41, 5.74) is 3.52. The molecule has 4 heteroatoms. The van der Waals surface area contributed by atoms with E-state index in [1.807, 2.05) is 16.9 Å². The number of rotatable bonds is 6. The highest BCUT2D eigenvalue weighted by Crippen LogP contribution is 2.16. The largest absolute Gasteiger partial charge is 0.313 e. The first kappa shape index (κ1) is 13.7. The summed E-state index contributed by atoms with van der Waals surface area (Å²) in [4.78, 5) is 4.52. The number of aryl methyl sites for hydroxylation is 2. The van der Waals surface area contributed by atoms with Crippen LogP contribution in [0.2, 0.25) is 0 Å². The van der Waals surface area contributed by atoms with Crippen LogP contribution in [0.5, 0.6) is 0 Å². The quantitative estimate of drug-likeness (QED) is 0.865. The molecule has 4 nitrogen and oxygen atoms in total. The lowest BCUT2D eigenvalue weighted by molar-refractivity contribution is 0.700. The molecule has 0 saturated heterocycles. The van der Waals surface area contributed by atoms with Crippen molar-refractivity contribution in [2.24, 2.45) is 0 Å². The van der Waals surface area contributed by atoms with Crippen molar-refractivity contribution in [3.8, 4) is 5.82 Å². The standard InChI is InChI=1S/C15H22N4/c1-4-13-10-14(5-2)19(18-13)15-12(11-16-6-3)8-7-9-17-15/h7-10,16H,4-6,11H2,1-3H3. The van der Waals surface area contributed by atoms with E-state index in [4.69, 9.17) is 0 Å². The highest BCUT2D eigenvalue weighted by molar-refractivity contribution is 5.35. The van der Waals surface area contributed by atoms with Crippen LogP contribution in [-0.4, -0.2) is 21.3 Å². The summed E-state index contributed by atoms with van der Waals surface area (Å²) in [6.07, 6.45) is 3.75. The van der Waals surface area contributed by atoms with Crippen molar-refractivity contribution in [2.45, 2.75) is 40.2 Å². The minimum atomic E-state index is 0.824. The lowest BCUT2D eigenvalue weighted by atomic mass is 10.2. The van der Waals surface area contributed by atoms with Crippen LogP contribution in [-0.2, 0) is 19.4 Å². The molecule has 0 aliphatic carbocycles. The average molecular weight is 258 g/mol. The van der Waals surface area contributed by atoms with Gasteiger partial charge in [-0.25, -0.2) is 9.67 Å². The maximum atomic E-state index is 4.66. The van der Waals surface area contributed by atoms with Gasteiger partial charge in [-0.1, -0.05) is 26.8 Å². The molecule has 0 unspecified atom stereocenters. The Morgan fingerprint density at radius 2 is 2.05 bits per heavy atom. The normalized spacial score (nSPS) is 10.9. The van der Waals surface area contributed by atoms with E-state index < -0.39 is 0 Å². The average Bonchev–Trinajstić information content (AvgIpc) is 2.88. The zero-order chi connectivity index (χ0) is 13.7. The van der Waals surface area contributed by atoms with Gasteiger partial charge in [0.2, 0.25) is 0 Å². The summed E-state index contributed by atoms with van der Waals surface area (Å²) in [7, 11) is 0. The highest BCUT2D eigenvalue weighted by Gasteiger charge is 2.11. The number of hydrogen-bond acceptors (Lipinski definition) is 3. The molecule has 1 N–H and O–H groups in total. The van der Waals surface area contributed by atoms with Gasteiger partial charge in [0.15, 0.2) is 5.82 Å². The SMILES string of the molecule is CCNCc1cccnc1-n1nc(CC)cc1CC. The maximum Gasteiger partial charge on any atom is 0.158 e. The summed E-state index contributed by atoms with van der Waals surface area (Å²) in [5, 5.41) is 8.02. The Labute approximate surface area is 114 Å². The Balaban J connectivity index is 2.42. The number of pyridine rings is 1. The number of hydrogen-bond donors (Lipinski definition) is 1. The van der Waals surface area contributed by atoms with Crippen molar-refractivity contribution in [3.05, 3.63) is 41.3 Å². The maximum absolute atomic E-state index is 4.66. The van der Waals surface area contributed by atoms with Gasteiger partial charge < -0.3 is 5.32 Å². The molecule has 0 bridgehead atoms. The van der Waals surface area contributed by atoms with Crippen molar-refractivity contribution in [1.82, 2.24) is 20.1 Å². The molecule has 0 atom stereocenters. The van der Waals surface area contributed by atoms with Gasteiger partial charge in [-0.15, -0.1) is 0 Å². The molecule has 0 radical (unpaired) electrons. The topological polar surface area (TPSA) is 42.7 Å². The third-order valence-electron chi connectivity index (χ3n) is 3.19. The van der Waals surface area contributed by atoms with E-state index in [0.717, 1.165) is 37.4 Å². The van der Waals surface area contributed by atoms with Crippen LogP contribution in [0.3, 0.4) is 0 Å². The van der Waals surface area contributed by atoms with Gasteiger partial charge in [0.05, 0.1) is 5.69 Å². The molecule has 0 saturated carbocycles. The van der Waals surface area contributed by atoms with Crippen LogP contribution in [0.15, 0.2) is 24.4 Å². The summed E-state index contributed by atoms with van der Waals surface area (Å²) < 4.78 is 1.99. The van der Waals surface area contributed by atoms with Gasteiger partial charge in [-0.2, -0.15) is 5.10 Å². The molecule has 102 valence electrons. The molecule has 0 aromatic carbocycles. The molecule has 0 aliphatic heterocycles. The Kier molecular flexibility index (Phi) is 4.68. The molecule has 2 heterocycles. The number of nitrogens with one attached hydrogen (secondary N) is 1. The molecule has 0 spiro atoms. The van der Waals surface area contributed by atoms with Crippen LogP contribution < -0.4 is 5.32 Å². The lowest BCUT2D eigenvalue weighted by Gasteiger charge is -2.10. The van der Waals surface area contributed by atoms with Crippen molar-refractivity contribution in [1.29, 1.82) is 0 Å². The van der Waals surface area contributed by atoms with Gasteiger partial charge >= 0.3 is 0 Å². The lowest BCUT2D eigenvalue weighted by Crippen LogP contribution is -2.16. The van der Waals surface area contributed by atoms with Crippen molar-refractivity contribution < 1.29 is 0 Å². The molecule has 0 fully saturated rings. The monoisotopic (exact) mass is 258 g/mol. The van der Waals surface area contributed by atoms with E-state index in [9.17, 15) is 0 Å². The molecule has 19 heavy (non-hydrogen) atoms. The third kappa shape index (κ3) is 3.01. The number of nitrogens with zero attached hydrogens (tertiary/aromatic N) is 3. The fraction of sp³-hybridized carbons (Fsp3) is 0.467. The first-order valence-corrected chi connectivity index (χ1v) is 7.02. The number of aromatic nitrogens is 3. The van der Waals surface area contributed by atoms with Crippen LogP contribution >= 0.6 is 0 Å². The van der Waals surface area contributed by atoms with Crippen LogP contribution in [0.25, 0.3) is 5.82 Å². The highest BCUT2D eigenvalue weighted by atomic mass is 15.3. The van der Waals surface area contributed by atoms with Gasteiger partial charge in [0.25, 0.3) is 0 Å². The first-order valence-electron chi connectivity index (χ1n) is 7.02. The van der Waals surface area contributed by atoms with Crippen molar-refractivity contribution in [3.63, 3.8) is 0 Å². The van der Waals surface area contributed by atoms with E-state index in [2.05, 4.69) is 48.3 Å². The summed E-state index contributed by atoms with van der Waals surface area (Å²) in [6, 6.07) is 6.26. The van der Waals surface area contributed by atoms with Crippen LogP contribution in [0.1, 0.15) is 37.7 Å². The van der Waals surface area contributed by atoms with E-state index in [1.54, 1.807) is 0 Å². The van der Waals surface area contributed by atoms with Gasteiger partial charge in [0, 0.05) is 24.0 Å². The van der Waals surface area contributed by atoms with Crippen molar-refractivity contribution in [2.75, 3.05) is 6.54 Å². The Hall–Kier alpha value is -1.68. The smallest absolute Gasteiger partial charge is 0.158 e. The third-order valence-corrected chi connectivity index (χ3v) is 3.19. The minimum absolute atomic E-state index is 0.824. The molecule has 2 rings (SSSR count). The van der Waals surface area contributed by atoms with Crippen LogP contribution in [0.4, 0.5) is 0 Å². The fourth-order valence-electron chi connectivity index (χ4n) is 2.10. The molecule has 2 aromatic rings. The Bertz CT molecular complexity index is 531. The molecular formula is C15H22N4. The second-order valence-corrected chi connectivity index (χ2v) is 4.51. The summed E-state index contributed by atoms with van der Waals surface area (Å²) in [6.45, 7) is 8.17. The molecule has 2 aromatic heterocycles. The van der Waals surface area contributed by atoms with Gasteiger partial charge in [-0.05, 0) is 31.5 Å².